The summed E-state index contributed by atoms with van der Waals surface area (Å²) >= 11 is 1.66. The molecule has 0 aliphatic carbocycles. The number of anilines is 1. The van der Waals surface area contributed by atoms with Gasteiger partial charge >= 0.3 is 0 Å². The molecule has 0 bridgehead atoms. The SMILES string of the molecule is CSc1cccc(NC(=O)CNCC2CCCO2)c1.Cl. The molecule has 0 radical (unpaired) electrons. The van der Waals surface area contributed by atoms with Crippen LogP contribution in [0, 0.1) is 0 Å². The molecular weight excluding hydrogens is 296 g/mol. The number of amides is 1. The Morgan fingerprint density at radius 3 is 3.05 bits per heavy atom. The van der Waals surface area contributed by atoms with Gasteiger partial charge in [-0.15, -0.1) is 24.2 Å². The molecule has 4 nitrogen and oxygen atoms in total. The average Bonchev–Trinajstić information content (AvgIpc) is 2.92. The number of thioether (sulfide) groups is 1. The van der Waals surface area contributed by atoms with E-state index in [0.717, 1.165) is 36.6 Å². The first-order chi connectivity index (χ1) is 9.28. The van der Waals surface area contributed by atoms with Gasteiger partial charge in [0, 0.05) is 23.7 Å². The third-order valence-electron chi connectivity index (χ3n) is 3.04. The second kappa shape index (κ2) is 9.23. The van der Waals surface area contributed by atoms with Gasteiger partial charge in [-0.2, -0.15) is 0 Å². The van der Waals surface area contributed by atoms with Crippen LogP contribution in [0.1, 0.15) is 12.8 Å². The summed E-state index contributed by atoms with van der Waals surface area (Å²) in [5.74, 6) is -0.0174. The van der Waals surface area contributed by atoms with Crippen molar-refractivity contribution in [2.45, 2.75) is 23.8 Å². The molecule has 1 aromatic rings. The van der Waals surface area contributed by atoms with Crippen molar-refractivity contribution in [2.75, 3.05) is 31.3 Å². The lowest BCUT2D eigenvalue weighted by Crippen LogP contribution is -2.33. The highest BCUT2D eigenvalue weighted by Crippen LogP contribution is 2.18. The molecule has 1 aliphatic rings. The maximum Gasteiger partial charge on any atom is 0.238 e. The molecule has 1 atom stereocenters. The zero-order chi connectivity index (χ0) is 13.5. The molecule has 1 amide bonds. The first kappa shape index (κ1) is 17.3. The van der Waals surface area contributed by atoms with Gasteiger partial charge in [-0.1, -0.05) is 6.07 Å². The van der Waals surface area contributed by atoms with Crippen molar-refractivity contribution in [1.29, 1.82) is 0 Å². The highest BCUT2D eigenvalue weighted by Gasteiger charge is 2.15. The average molecular weight is 317 g/mol. The fourth-order valence-corrected chi connectivity index (χ4v) is 2.52. The van der Waals surface area contributed by atoms with E-state index in [2.05, 4.69) is 10.6 Å². The number of nitrogens with one attached hydrogen (secondary N) is 2. The van der Waals surface area contributed by atoms with Gasteiger partial charge in [0.05, 0.1) is 12.6 Å². The smallest absolute Gasteiger partial charge is 0.238 e. The molecule has 1 fully saturated rings. The number of halogens is 1. The summed E-state index contributed by atoms with van der Waals surface area (Å²) in [7, 11) is 0. The minimum Gasteiger partial charge on any atom is -0.377 e. The van der Waals surface area contributed by atoms with Crippen molar-refractivity contribution in [3.63, 3.8) is 0 Å². The Labute approximate surface area is 130 Å². The van der Waals surface area contributed by atoms with E-state index in [-0.39, 0.29) is 24.4 Å². The molecule has 0 saturated carbocycles. The molecule has 6 heteroatoms. The monoisotopic (exact) mass is 316 g/mol. The van der Waals surface area contributed by atoms with Crippen molar-refractivity contribution < 1.29 is 9.53 Å². The standard InChI is InChI=1S/C14H20N2O2S.ClH/c1-19-13-6-2-4-11(8-13)16-14(17)10-15-9-12-5-3-7-18-12;/h2,4,6,8,12,15H,3,5,7,9-10H2,1H3,(H,16,17);1H. The Morgan fingerprint density at radius 1 is 1.50 bits per heavy atom. The minimum absolute atomic E-state index is 0. The van der Waals surface area contributed by atoms with E-state index >= 15 is 0 Å². The quantitative estimate of drug-likeness (QED) is 0.792. The first-order valence-corrected chi connectivity index (χ1v) is 7.76. The van der Waals surface area contributed by atoms with Crippen LogP contribution in [-0.4, -0.2) is 38.0 Å². The maximum atomic E-state index is 11.8. The van der Waals surface area contributed by atoms with Crippen LogP contribution in [0.4, 0.5) is 5.69 Å². The van der Waals surface area contributed by atoms with Crippen LogP contribution in [0.5, 0.6) is 0 Å². The number of hydrogen-bond acceptors (Lipinski definition) is 4. The Bertz CT molecular complexity index is 425. The van der Waals surface area contributed by atoms with E-state index in [4.69, 9.17) is 4.74 Å². The van der Waals surface area contributed by atoms with Crippen molar-refractivity contribution in [1.82, 2.24) is 5.32 Å². The molecule has 2 rings (SSSR count). The second-order valence-electron chi connectivity index (χ2n) is 4.55. The van der Waals surface area contributed by atoms with Gasteiger partial charge in [-0.25, -0.2) is 0 Å². The van der Waals surface area contributed by atoms with Crippen LogP contribution in [-0.2, 0) is 9.53 Å². The Hall–Kier alpha value is -0.750. The normalized spacial score (nSPS) is 17.6. The molecule has 1 aromatic carbocycles. The fourth-order valence-electron chi connectivity index (χ4n) is 2.06. The van der Waals surface area contributed by atoms with E-state index in [1.54, 1.807) is 11.8 Å². The molecule has 20 heavy (non-hydrogen) atoms. The van der Waals surface area contributed by atoms with E-state index in [1.165, 1.54) is 0 Å². The van der Waals surface area contributed by atoms with Crippen molar-refractivity contribution in [3.8, 4) is 0 Å². The summed E-state index contributed by atoms with van der Waals surface area (Å²) < 4.78 is 5.49. The van der Waals surface area contributed by atoms with Crippen LogP contribution in [0.25, 0.3) is 0 Å². The van der Waals surface area contributed by atoms with Crippen LogP contribution in [0.15, 0.2) is 29.2 Å². The Morgan fingerprint density at radius 2 is 2.35 bits per heavy atom. The molecule has 1 aliphatic heterocycles. The Balaban J connectivity index is 0.00000200. The predicted octanol–water partition coefficient (Wildman–Crippen LogP) is 2.54. The van der Waals surface area contributed by atoms with Gasteiger partial charge in [-0.05, 0) is 37.3 Å². The van der Waals surface area contributed by atoms with Gasteiger partial charge < -0.3 is 15.4 Å². The van der Waals surface area contributed by atoms with E-state index in [1.807, 2.05) is 30.5 Å². The lowest BCUT2D eigenvalue weighted by Gasteiger charge is -2.11. The van der Waals surface area contributed by atoms with Crippen LogP contribution in [0.3, 0.4) is 0 Å². The lowest BCUT2D eigenvalue weighted by molar-refractivity contribution is -0.115. The summed E-state index contributed by atoms with van der Waals surface area (Å²) in [5.41, 5.74) is 0.843. The zero-order valence-electron chi connectivity index (χ0n) is 11.6. The molecule has 112 valence electrons. The third kappa shape index (κ3) is 5.71. The first-order valence-electron chi connectivity index (χ1n) is 6.54. The number of carbonyl (C=O) groups excluding carboxylic acids is 1. The third-order valence-corrected chi connectivity index (χ3v) is 3.76. The number of hydrogen-bond donors (Lipinski definition) is 2. The molecule has 1 heterocycles. The minimum atomic E-state index is -0.0174. The molecule has 0 spiro atoms. The van der Waals surface area contributed by atoms with E-state index in [9.17, 15) is 4.79 Å². The summed E-state index contributed by atoms with van der Waals surface area (Å²) in [6, 6.07) is 7.84. The Kier molecular flexibility index (Phi) is 7.99. The van der Waals surface area contributed by atoms with Crippen LogP contribution in [0.2, 0.25) is 0 Å². The molecular formula is C14H21ClN2O2S. The number of rotatable bonds is 6. The second-order valence-corrected chi connectivity index (χ2v) is 5.43. The van der Waals surface area contributed by atoms with Crippen molar-refractivity contribution >= 4 is 35.8 Å². The topological polar surface area (TPSA) is 50.4 Å². The molecule has 1 unspecified atom stereocenters. The molecule has 0 aromatic heterocycles. The largest absolute Gasteiger partial charge is 0.377 e. The van der Waals surface area contributed by atoms with Crippen LogP contribution < -0.4 is 10.6 Å². The van der Waals surface area contributed by atoms with Crippen molar-refractivity contribution in [2.24, 2.45) is 0 Å². The molecule has 1 saturated heterocycles. The summed E-state index contributed by atoms with van der Waals surface area (Å²) in [6.07, 6.45) is 4.50. The number of benzene rings is 1. The molecule has 2 N–H and O–H groups in total. The van der Waals surface area contributed by atoms with Gasteiger partial charge in [0.25, 0.3) is 0 Å². The highest BCUT2D eigenvalue weighted by molar-refractivity contribution is 7.98. The van der Waals surface area contributed by atoms with E-state index < -0.39 is 0 Å². The van der Waals surface area contributed by atoms with Crippen molar-refractivity contribution in [3.05, 3.63) is 24.3 Å². The van der Waals surface area contributed by atoms with E-state index in [0.29, 0.717) is 6.54 Å². The summed E-state index contributed by atoms with van der Waals surface area (Å²) in [6.45, 7) is 1.92. The predicted molar refractivity (Wildman–Crippen MR) is 85.9 cm³/mol. The van der Waals surface area contributed by atoms with Crippen LogP contribution >= 0.6 is 24.2 Å². The lowest BCUT2D eigenvalue weighted by atomic mass is 10.2. The number of carbonyl (C=O) groups is 1. The van der Waals surface area contributed by atoms with Gasteiger partial charge in [-0.3, -0.25) is 4.79 Å². The van der Waals surface area contributed by atoms with Gasteiger partial charge in [0.2, 0.25) is 5.91 Å². The fraction of sp³-hybridized carbons (Fsp3) is 0.500. The zero-order valence-corrected chi connectivity index (χ0v) is 13.2. The van der Waals surface area contributed by atoms with Gasteiger partial charge in [0.15, 0.2) is 0 Å². The maximum absolute atomic E-state index is 11.8. The summed E-state index contributed by atoms with van der Waals surface area (Å²) in [4.78, 5) is 12.9. The van der Waals surface area contributed by atoms with Gasteiger partial charge in [0.1, 0.15) is 0 Å². The highest BCUT2D eigenvalue weighted by atomic mass is 35.5. The summed E-state index contributed by atoms with van der Waals surface area (Å²) in [5, 5.41) is 6.02. The number of ether oxygens (including phenoxy) is 1.